The molecular formula is C23H24F4NO2. The van der Waals surface area contributed by atoms with E-state index in [9.17, 15) is 27.5 Å². The number of benzene rings is 2. The van der Waals surface area contributed by atoms with E-state index >= 15 is 0 Å². The van der Waals surface area contributed by atoms with Crippen LogP contribution in [0.15, 0.2) is 42.5 Å². The monoisotopic (exact) mass is 422 g/mol. The van der Waals surface area contributed by atoms with E-state index in [0.717, 1.165) is 0 Å². The van der Waals surface area contributed by atoms with E-state index < -0.39 is 18.5 Å². The molecule has 1 fully saturated rings. The number of hydrogen-bond donors (Lipinski definition) is 1. The summed E-state index contributed by atoms with van der Waals surface area (Å²) in [7, 11) is 0. The fraction of sp³-hybridized carbons (Fsp3) is 0.391. The van der Waals surface area contributed by atoms with E-state index in [1.54, 1.807) is 31.2 Å². The maximum absolute atomic E-state index is 14.1. The number of phenols is 1. The number of Topliss-reactive ketones (excluding diaryl/α,β-unsaturated/α-hetero) is 1. The largest absolute Gasteiger partial charge is 0.508 e. The second-order valence-corrected chi connectivity index (χ2v) is 7.71. The van der Waals surface area contributed by atoms with Gasteiger partial charge in [-0.2, -0.15) is 13.2 Å². The first-order valence-corrected chi connectivity index (χ1v) is 9.86. The van der Waals surface area contributed by atoms with Crippen molar-refractivity contribution in [2.75, 3.05) is 19.6 Å². The van der Waals surface area contributed by atoms with Gasteiger partial charge in [0.15, 0.2) is 5.78 Å². The molecule has 0 aliphatic carbocycles. The Labute approximate surface area is 173 Å². The molecule has 30 heavy (non-hydrogen) atoms. The highest BCUT2D eigenvalue weighted by Gasteiger charge is 2.37. The fourth-order valence-corrected chi connectivity index (χ4v) is 4.03. The minimum atomic E-state index is -4.21. The molecule has 161 valence electrons. The summed E-state index contributed by atoms with van der Waals surface area (Å²) in [6.07, 6.45) is -3.25. The maximum Gasteiger partial charge on any atom is 0.389 e. The van der Waals surface area contributed by atoms with Crippen LogP contribution in [0.2, 0.25) is 0 Å². The molecule has 1 saturated heterocycles. The van der Waals surface area contributed by atoms with Crippen LogP contribution in [0.5, 0.6) is 5.75 Å². The van der Waals surface area contributed by atoms with E-state index in [0.29, 0.717) is 23.2 Å². The number of hydrogen-bond acceptors (Lipinski definition) is 3. The molecule has 3 nitrogen and oxygen atoms in total. The van der Waals surface area contributed by atoms with Crippen molar-refractivity contribution < 1.29 is 27.5 Å². The summed E-state index contributed by atoms with van der Waals surface area (Å²) < 4.78 is 51.6. The van der Waals surface area contributed by atoms with Gasteiger partial charge < -0.3 is 10.0 Å². The van der Waals surface area contributed by atoms with Gasteiger partial charge in [-0.15, -0.1) is 0 Å². The van der Waals surface area contributed by atoms with Crippen molar-refractivity contribution in [3.05, 3.63) is 71.4 Å². The van der Waals surface area contributed by atoms with Crippen LogP contribution in [0.25, 0.3) is 0 Å². The van der Waals surface area contributed by atoms with Gasteiger partial charge in [-0.3, -0.25) is 4.79 Å². The summed E-state index contributed by atoms with van der Waals surface area (Å²) in [6.45, 7) is 2.56. The first-order chi connectivity index (χ1) is 14.2. The Balaban J connectivity index is 1.85. The summed E-state index contributed by atoms with van der Waals surface area (Å²) in [5.74, 6) is -1.59. The molecule has 0 bridgehead atoms. The molecule has 1 aliphatic heterocycles. The zero-order valence-electron chi connectivity index (χ0n) is 16.6. The normalized spacial score (nSPS) is 20.3. The lowest BCUT2D eigenvalue weighted by molar-refractivity contribution is -0.136. The van der Waals surface area contributed by atoms with Gasteiger partial charge in [0.05, 0.1) is 0 Å². The minimum Gasteiger partial charge on any atom is -0.508 e. The van der Waals surface area contributed by atoms with Gasteiger partial charge in [0.25, 0.3) is 0 Å². The third-order valence-electron chi connectivity index (χ3n) is 5.58. The SMILES string of the molecule is Cc1c(F)cccc1[C@H]1[CH]CN(CCCC(F)(F)F)C[C@@H]1C(=O)c1cccc(O)c1. The third kappa shape index (κ3) is 5.39. The standard InChI is InChI=1S/C23H24F4NO2/c1-15-18(7-3-8-21(15)24)19-9-12-28(11-4-10-23(25,26)27)14-20(19)22(30)16-5-2-6-17(29)13-16/h2-3,5-9,13,19-20,29H,4,10-12,14H2,1H3/t19-,20+/m1/s1. The Hall–Kier alpha value is -2.41. The number of aromatic hydroxyl groups is 1. The van der Waals surface area contributed by atoms with E-state index in [-0.39, 0.29) is 42.8 Å². The maximum atomic E-state index is 14.1. The van der Waals surface area contributed by atoms with Crippen LogP contribution in [-0.2, 0) is 0 Å². The predicted octanol–water partition coefficient (Wildman–Crippen LogP) is 5.28. The van der Waals surface area contributed by atoms with Crippen LogP contribution in [0, 0.1) is 25.1 Å². The van der Waals surface area contributed by atoms with Gasteiger partial charge in [-0.1, -0.05) is 24.3 Å². The molecule has 1 N–H and O–H groups in total. The lowest BCUT2D eigenvalue weighted by Gasteiger charge is -2.38. The summed E-state index contributed by atoms with van der Waals surface area (Å²) in [5.41, 5.74) is 1.48. The Morgan fingerprint density at radius 1 is 1.20 bits per heavy atom. The van der Waals surface area contributed by atoms with E-state index in [1.807, 2.05) is 11.3 Å². The predicted molar refractivity (Wildman–Crippen MR) is 106 cm³/mol. The lowest BCUT2D eigenvalue weighted by atomic mass is 9.75. The Bertz CT molecular complexity index is 897. The Morgan fingerprint density at radius 2 is 1.93 bits per heavy atom. The number of nitrogens with zero attached hydrogens (tertiary/aromatic N) is 1. The molecular weight excluding hydrogens is 398 g/mol. The number of rotatable bonds is 6. The fourth-order valence-electron chi connectivity index (χ4n) is 4.03. The lowest BCUT2D eigenvalue weighted by Crippen LogP contribution is -2.44. The highest BCUT2D eigenvalue weighted by Crippen LogP contribution is 2.37. The highest BCUT2D eigenvalue weighted by molar-refractivity contribution is 5.99. The molecule has 0 amide bonds. The molecule has 0 aromatic heterocycles. The topological polar surface area (TPSA) is 40.5 Å². The van der Waals surface area contributed by atoms with Gasteiger partial charge in [0.2, 0.25) is 0 Å². The number of carbonyl (C=O) groups excluding carboxylic acids is 1. The summed E-state index contributed by atoms with van der Waals surface area (Å²) in [5, 5.41) is 9.74. The quantitative estimate of drug-likeness (QED) is 0.508. The molecule has 0 saturated carbocycles. The van der Waals surface area contributed by atoms with Crippen molar-refractivity contribution in [2.45, 2.75) is 31.9 Å². The van der Waals surface area contributed by atoms with Crippen LogP contribution >= 0.6 is 0 Å². The molecule has 1 heterocycles. The van der Waals surface area contributed by atoms with Gasteiger partial charge in [0.1, 0.15) is 11.6 Å². The zero-order chi connectivity index (χ0) is 21.9. The molecule has 2 aromatic carbocycles. The first-order valence-electron chi connectivity index (χ1n) is 9.86. The van der Waals surface area contributed by atoms with Gasteiger partial charge in [0, 0.05) is 31.0 Å². The molecule has 7 heteroatoms. The molecule has 0 spiro atoms. The van der Waals surface area contributed by atoms with Crippen molar-refractivity contribution in [2.24, 2.45) is 5.92 Å². The first kappa shape index (κ1) is 22.3. The van der Waals surface area contributed by atoms with Crippen LogP contribution in [0.1, 0.15) is 40.2 Å². The number of likely N-dealkylation sites (tertiary alicyclic amines) is 1. The molecule has 0 unspecified atom stereocenters. The van der Waals surface area contributed by atoms with Crippen LogP contribution in [0.3, 0.4) is 0 Å². The molecule has 3 rings (SSSR count). The molecule has 1 aliphatic rings. The average Bonchev–Trinajstić information content (AvgIpc) is 2.69. The van der Waals surface area contributed by atoms with Gasteiger partial charge >= 0.3 is 6.18 Å². The highest BCUT2D eigenvalue weighted by atomic mass is 19.4. The number of halogens is 4. The number of ketones is 1. The number of piperidine rings is 1. The van der Waals surface area contributed by atoms with E-state index in [1.165, 1.54) is 18.2 Å². The van der Waals surface area contributed by atoms with Crippen LogP contribution in [-0.4, -0.2) is 41.6 Å². The second-order valence-electron chi connectivity index (χ2n) is 7.71. The van der Waals surface area contributed by atoms with Crippen molar-refractivity contribution in [3.8, 4) is 5.75 Å². The average molecular weight is 422 g/mol. The van der Waals surface area contributed by atoms with E-state index in [4.69, 9.17) is 0 Å². The van der Waals surface area contributed by atoms with Crippen LogP contribution in [0.4, 0.5) is 17.6 Å². The zero-order valence-corrected chi connectivity index (χ0v) is 16.6. The number of phenolic OH excluding ortho intramolecular Hbond substituents is 1. The molecule has 2 atom stereocenters. The van der Waals surface area contributed by atoms with Crippen molar-refractivity contribution >= 4 is 5.78 Å². The van der Waals surface area contributed by atoms with Crippen molar-refractivity contribution in [1.82, 2.24) is 4.90 Å². The summed E-state index contributed by atoms with van der Waals surface area (Å²) in [4.78, 5) is 15.1. The van der Waals surface area contributed by atoms with Crippen molar-refractivity contribution in [1.29, 1.82) is 0 Å². The molecule has 2 aromatic rings. The number of alkyl halides is 3. The Kier molecular flexibility index (Phi) is 6.81. The van der Waals surface area contributed by atoms with Crippen LogP contribution < -0.4 is 0 Å². The minimum absolute atomic E-state index is 0.0406. The smallest absolute Gasteiger partial charge is 0.389 e. The third-order valence-corrected chi connectivity index (χ3v) is 5.58. The van der Waals surface area contributed by atoms with Crippen molar-refractivity contribution in [3.63, 3.8) is 0 Å². The van der Waals surface area contributed by atoms with E-state index in [2.05, 4.69) is 0 Å². The number of carbonyl (C=O) groups is 1. The Morgan fingerprint density at radius 3 is 2.63 bits per heavy atom. The molecule has 1 radical (unpaired) electrons. The second kappa shape index (κ2) is 9.16. The summed E-state index contributed by atoms with van der Waals surface area (Å²) in [6, 6.07) is 10.7. The van der Waals surface area contributed by atoms with Gasteiger partial charge in [-0.25, -0.2) is 4.39 Å². The van der Waals surface area contributed by atoms with Gasteiger partial charge in [-0.05, 0) is 61.6 Å². The summed E-state index contributed by atoms with van der Waals surface area (Å²) >= 11 is 0.